The number of nitrogen functional groups attached to an aromatic ring is 1. The van der Waals surface area contributed by atoms with Crippen molar-refractivity contribution >= 4 is 11.6 Å². The first-order valence-corrected chi connectivity index (χ1v) is 7.12. The molecule has 1 heterocycles. The van der Waals surface area contributed by atoms with E-state index in [0.29, 0.717) is 11.9 Å². The Morgan fingerprint density at radius 2 is 2.06 bits per heavy atom. The Morgan fingerprint density at radius 1 is 1.28 bits per heavy atom. The summed E-state index contributed by atoms with van der Waals surface area (Å²) < 4.78 is 0. The zero-order chi connectivity index (χ0) is 13.0. The summed E-state index contributed by atoms with van der Waals surface area (Å²) in [7, 11) is 0. The van der Waals surface area contributed by atoms with E-state index in [1.807, 2.05) is 13.0 Å². The first-order valence-electron chi connectivity index (χ1n) is 7.12. The van der Waals surface area contributed by atoms with Crippen LogP contribution < -0.4 is 11.1 Å². The van der Waals surface area contributed by atoms with Crippen LogP contribution in [-0.4, -0.2) is 16.0 Å². The van der Waals surface area contributed by atoms with Gasteiger partial charge in [-0.1, -0.05) is 33.1 Å². The number of rotatable bonds is 4. The molecule has 3 N–H and O–H groups in total. The Labute approximate surface area is 109 Å². The van der Waals surface area contributed by atoms with Crippen molar-refractivity contribution < 1.29 is 0 Å². The van der Waals surface area contributed by atoms with Crippen LogP contribution in [0.3, 0.4) is 0 Å². The molecular weight excluding hydrogens is 224 g/mol. The summed E-state index contributed by atoms with van der Waals surface area (Å²) in [6, 6.07) is 2.39. The third-order valence-corrected chi connectivity index (χ3v) is 3.88. The fourth-order valence-electron chi connectivity index (χ4n) is 2.83. The van der Waals surface area contributed by atoms with E-state index in [0.717, 1.165) is 24.0 Å². The molecule has 1 aliphatic carbocycles. The smallest absolute Gasteiger partial charge is 0.132 e. The van der Waals surface area contributed by atoms with Gasteiger partial charge in [0.05, 0.1) is 0 Å². The van der Waals surface area contributed by atoms with Gasteiger partial charge in [0, 0.05) is 18.5 Å². The van der Waals surface area contributed by atoms with E-state index in [-0.39, 0.29) is 0 Å². The fraction of sp³-hybridized carbons (Fsp3) is 0.714. The number of nitrogens with one attached hydrogen (secondary N) is 1. The molecule has 0 saturated heterocycles. The van der Waals surface area contributed by atoms with Crippen molar-refractivity contribution in [3.8, 4) is 0 Å². The Balaban J connectivity index is 2.09. The highest BCUT2D eigenvalue weighted by molar-refractivity contribution is 5.45. The molecule has 4 heteroatoms. The van der Waals surface area contributed by atoms with Gasteiger partial charge >= 0.3 is 0 Å². The van der Waals surface area contributed by atoms with Gasteiger partial charge in [-0.2, -0.15) is 0 Å². The second kappa shape index (κ2) is 6.03. The quantitative estimate of drug-likeness (QED) is 0.859. The van der Waals surface area contributed by atoms with E-state index in [9.17, 15) is 0 Å². The molecule has 2 rings (SSSR count). The molecule has 0 aliphatic heterocycles. The molecule has 2 unspecified atom stereocenters. The SMILES string of the molecule is CCc1nc(N)cc(NC2CCCCC2CC)n1. The van der Waals surface area contributed by atoms with E-state index < -0.39 is 0 Å². The van der Waals surface area contributed by atoms with Gasteiger partial charge in [0.1, 0.15) is 17.5 Å². The van der Waals surface area contributed by atoms with Crippen molar-refractivity contribution in [3.63, 3.8) is 0 Å². The summed E-state index contributed by atoms with van der Waals surface area (Å²) in [5.74, 6) is 3.04. The first kappa shape index (κ1) is 13.1. The molecule has 4 nitrogen and oxygen atoms in total. The van der Waals surface area contributed by atoms with Crippen LogP contribution in [0.2, 0.25) is 0 Å². The van der Waals surface area contributed by atoms with E-state index in [1.165, 1.54) is 32.1 Å². The predicted octanol–water partition coefficient (Wildman–Crippen LogP) is 3.00. The van der Waals surface area contributed by atoms with Gasteiger partial charge in [0.15, 0.2) is 0 Å². The summed E-state index contributed by atoms with van der Waals surface area (Å²) in [5.41, 5.74) is 5.82. The highest BCUT2D eigenvalue weighted by Gasteiger charge is 2.23. The molecule has 1 saturated carbocycles. The summed E-state index contributed by atoms with van der Waals surface area (Å²) in [6.07, 6.45) is 7.30. The van der Waals surface area contributed by atoms with Crippen LogP contribution in [0.25, 0.3) is 0 Å². The van der Waals surface area contributed by atoms with Crippen molar-refractivity contribution in [3.05, 3.63) is 11.9 Å². The van der Waals surface area contributed by atoms with Crippen LogP contribution in [0, 0.1) is 5.92 Å². The molecule has 1 aliphatic rings. The zero-order valence-electron chi connectivity index (χ0n) is 11.4. The normalized spacial score (nSPS) is 23.9. The van der Waals surface area contributed by atoms with Crippen molar-refractivity contribution in [1.82, 2.24) is 9.97 Å². The summed E-state index contributed by atoms with van der Waals surface area (Å²) in [4.78, 5) is 8.72. The number of aryl methyl sites for hydroxylation is 1. The van der Waals surface area contributed by atoms with Crippen LogP contribution >= 0.6 is 0 Å². The van der Waals surface area contributed by atoms with Crippen molar-refractivity contribution in [1.29, 1.82) is 0 Å². The lowest BCUT2D eigenvalue weighted by molar-refractivity contribution is 0.317. The second-order valence-electron chi connectivity index (χ2n) is 5.15. The molecule has 0 bridgehead atoms. The number of hydrogen-bond acceptors (Lipinski definition) is 4. The van der Waals surface area contributed by atoms with Gasteiger partial charge in [-0.15, -0.1) is 0 Å². The minimum atomic E-state index is 0.544. The largest absolute Gasteiger partial charge is 0.384 e. The molecule has 2 atom stereocenters. The lowest BCUT2D eigenvalue weighted by atomic mass is 9.83. The van der Waals surface area contributed by atoms with Crippen LogP contribution in [0.15, 0.2) is 6.07 Å². The van der Waals surface area contributed by atoms with Crippen molar-refractivity contribution in [2.24, 2.45) is 5.92 Å². The van der Waals surface area contributed by atoms with Gasteiger partial charge < -0.3 is 11.1 Å². The third-order valence-electron chi connectivity index (χ3n) is 3.88. The van der Waals surface area contributed by atoms with E-state index in [2.05, 4.69) is 22.2 Å². The minimum Gasteiger partial charge on any atom is -0.384 e. The lowest BCUT2D eigenvalue weighted by Crippen LogP contribution is -2.32. The highest BCUT2D eigenvalue weighted by atomic mass is 15.1. The van der Waals surface area contributed by atoms with Crippen LogP contribution in [0.4, 0.5) is 11.6 Å². The van der Waals surface area contributed by atoms with Gasteiger partial charge in [-0.05, 0) is 18.8 Å². The summed E-state index contributed by atoms with van der Waals surface area (Å²) >= 11 is 0. The van der Waals surface area contributed by atoms with Gasteiger partial charge in [-0.25, -0.2) is 9.97 Å². The monoisotopic (exact) mass is 248 g/mol. The Hall–Kier alpha value is -1.32. The summed E-state index contributed by atoms with van der Waals surface area (Å²) in [5, 5.41) is 3.57. The Morgan fingerprint density at radius 3 is 2.78 bits per heavy atom. The van der Waals surface area contributed by atoms with Crippen LogP contribution in [0.1, 0.15) is 51.8 Å². The predicted molar refractivity (Wildman–Crippen MR) is 75.5 cm³/mol. The van der Waals surface area contributed by atoms with Crippen molar-refractivity contribution in [2.75, 3.05) is 11.1 Å². The van der Waals surface area contributed by atoms with Gasteiger partial charge in [0.25, 0.3) is 0 Å². The second-order valence-corrected chi connectivity index (χ2v) is 5.15. The first-order chi connectivity index (χ1) is 8.72. The number of hydrogen-bond donors (Lipinski definition) is 2. The van der Waals surface area contributed by atoms with Gasteiger partial charge in [-0.3, -0.25) is 0 Å². The molecule has 1 aromatic heterocycles. The molecular formula is C14H24N4. The Bertz CT molecular complexity index is 391. The highest BCUT2D eigenvalue weighted by Crippen LogP contribution is 2.29. The standard InChI is InChI=1S/C14H24N4/c1-3-10-7-5-6-8-11(10)16-14-9-12(15)17-13(4-2)18-14/h9-11H,3-8H2,1-2H3,(H3,15,16,17,18). The molecule has 0 spiro atoms. The molecule has 1 aromatic rings. The molecule has 0 radical (unpaired) electrons. The maximum atomic E-state index is 5.82. The fourth-order valence-corrected chi connectivity index (χ4v) is 2.83. The average molecular weight is 248 g/mol. The third kappa shape index (κ3) is 3.12. The number of nitrogens with two attached hydrogens (primary N) is 1. The maximum absolute atomic E-state index is 5.82. The summed E-state index contributed by atoms with van der Waals surface area (Å²) in [6.45, 7) is 4.32. The topological polar surface area (TPSA) is 63.8 Å². The number of nitrogens with zero attached hydrogens (tertiary/aromatic N) is 2. The van der Waals surface area contributed by atoms with Gasteiger partial charge in [0.2, 0.25) is 0 Å². The molecule has 0 aromatic carbocycles. The number of aromatic nitrogens is 2. The van der Waals surface area contributed by atoms with E-state index in [4.69, 9.17) is 5.73 Å². The molecule has 0 amide bonds. The Kier molecular flexibility index (Phi) is 4.39. The van der Waals surface area contributed by atoms with Crippen molar-refractivity contribution in [2.45, 2.75) is 58.4 Å². The maximum Gasteiger partial charge on any atom is 0.132 e. The number of anilines is 2. The molecule has 18 heavy (non-hydrogen) atoms. The zero-order valence-corrected chi connectivity index (χ0v) is 11.4. The molecule has 1 fully saturated rings. The van der Waals surface area contributed by atoms with Crippen LogP contribution in [-0.2, 0) is 6.42 Å². The minimum absolute atomic E-state index is 0.544. The van der Waals surface area contributed by atoms with E-state index in [1.54, 1.807) is 0 Å². The lowest BCUT2D eigenvalue weighted by Gasteiger charge is -2.32. The van der Waals surface area contributed by atoms with E-state index >= 15 is 0 Å². The molecule has 100 valence electrons. The van der Waals surface area contributed by atoms with Crippen LogP contribution in [0.5, 0.6) is 0 Å². The average Bonchev–Trinajstić information content (AvgIpc) is 2.38.